The molecule has 3 heterocycles. The normalized spacial score (nSPS) is 25.6. The van der Waals surface area contributed by atoms with Crippen LogP contribution in [-0.2, 0) is 11.3 Å². The number of ether oxygens (including phenoxy) is 1. The van der Waals surface area contributed by atoms with Gasteiger partial charge in [-0.1, -0.05) is 5.16 Å². The molecule has 0 aliphatic carbocycles. The molecule has 6 nitrogen and oxygen atoms in total. The molecule has 1 atom stereocenters. The summed E-state index contributed by atoms with van der Waals surface area (Å²) in [6.45, 7) is 4.62. The summed E-state index contributed by atoms with van der Waals surface area (Å²) >= 11 is 0. The molecule has 2 aliphatic rings. The van der Waals surface area contributed by atoms with E-state index in [0.29, 0.717) is 12.0 Å². The van der Waals surface area contributed by atoms with E-state index in [1.165, 1.54) is 25.9 Å². The molecule has 0 spiro atoms. The Morgan fingerprint density at radius 3 is 2.80 bits per heavy atom. The molecule has 0 amide bonds. The highest BCUT2D eigenvalue weighted by molar-refractivity contribution is 4.97. The predicted octanol–water partition coefficient (Wildman–Crippen LogP) is 1.10. The number of likely N-dealkylation sites (tertiary alicyclic amines) is 1. The summed E-state index contributed by atoms with van der Waals surface area (Å²) in [6.07, 6.45) is 3.43. The molecule has 2 fully saturated rings. The van der Waals surface area contributed by atoms with Crippen molar-refractivity contribution in [2.24, 2.45) is 0 Å². The van der Waals surface area contributed by atoms with Crippen LogP contribution in [0.5, 0.6) is 0 Å². The minimum absolute atomic E-state index is 0.320. The fraction of sp³-hybridized carbons (Fsp3) is 0.857. The van der Waals surface area contributed by atoms with Crippen LogP contribution in [0.4, 0.5) is 0 Å². The maximum atomic E-state index is 5.39. The molecule has 0 N–H and O–H groups in total. The van der Waals surface area contributed by atoms with Gasteiger partial charge in [0.1, 0.15) is 0 Å². The second-order valence-electron chi connectivity index (χ2n) is 6.06. The van der Waals surface area contributed by atoms with Crippen LogP contribution in [0.1, 0.15) is 36.9 Å². The van der Waals surface area contributed by atoms with Gasteiger partial charge in [-0.3, -0.25) is 4.90 Å². The predicted molar refractivity (Wildman–Crippen MR) is 74.5 cm³/mol. The van der Waals surface area contributed by atoms with Crippen molar-refractivity contribution in [3.63, 3.8) is 0 Å². The molecule has 6 heteroatoms. The van der Waals surface area contributed by atoms with Crippen LogP contribution in [0.3, 0.4) is 0 Å². The highest BCUT2D eigenvalue weighted by Gasteiger charge is 2.25. The lowest BCUT2D eigenvalue weighted by Crippen LogP contribution is -2.41. The van der Waals surface area contributed by atoms with Gasteiger partial charge in [0.05, 0.1) is 13.2 Å². The van der Waals surface area contributed by atoms with Crippen molar-refractivity contribution in [1.29, 1.82) is 0 Å². The summed E-state index contributed by atoms with van der Waals surface area (Å²) in [5.74, 6) is 1.86. The Morgan fingerprint density at radius 1 is 1.30 bits per heavy atom. The van der Waals surface area contributed by atoms with Gasteiger partial charge in [0.2, 0.25) is 5.89 Å². The van der Waals surface area contributed by atoms with Gasteiger partial charge in [0.25, 0.3) is 0 Å². The van der Waals surface area contributed by atoms with Crippen LogP contribution < -0.4 is 0 Å². The van der Waals surface area contributed by atoms with E-state index in [9.17, 15) is 0 Å². The number of nitrogens with zero attached hydrogens (tertiary/aromatic N) is 4. The molecule has 1 unspecified atom stereocenters. The minimum atomic E-state index is 0.320. The molecule has 0 saturated carbocycles. The first kappa shape index (κ1) is 14.0. The number of aromatic nitrogens is 2. The highest BCUT2D eigenvalue weighted by atomic mass is 16.5. The van der Waals surface area contributed by atoms with E-state index in [-0.39, 0.29) is 0 Å². The molecule has 112 valence electrons. The molecule has 2 saturated heterocycles. The molecule has 0 aromatic carbocycles. The Labute approximate surface area is 120 Å². The first-order valence-electron chi connectivity index (χ1n) is 7.51. The Balaban J connectivity index is 1.54. The molecular weight excluding hydrogens is 256 g/mol. The van der Waals surface area contributed by atoms with E-state index in [2.05, 4.69) is 34.0 Å². The molecule has 3 rings (SSSR count). The average molecular weight is 280 g/mol. The molecule has 0 bridgehead atoms. The molecule has 2 aliphatic heterocycles. The van der Waals surface area contributed by atoms with Crippen molar-refractivity contribution in [2.45, 2.75) is 37.8 Å². The van der Waals surface area contributed by atoms with Gasteiger partial charge < -0.3 is 14.2 Å². The van der Waals surface area contributed by atoms with Gasteiger partial charge in [0.15, 0.2) is 5.82 Å². The smallest absolute Gasteiger partial charge is 0.240 e. The molecule has 0 radical (unpaired) electrons. The van der Waals surface area contributed by atoms with Crippen LogP contribution in [0.2, 0.25) is 0 Å². The molecule has 1 aromatic heterocycles. The largest absolute Gasteiger partial charge is 0.381 e. The van der Waals surface area contributed by atoms with E-state index in [1.54, 1.807) is 0 Å². The van der Waals surface area contributed by atoms with E-state index in [4.69, 9.17) is 9.26 Å². The topological polar surface area (TPSA) is 54.6 Å². The van der Waals surface area contributed by atoms with Crippen molar-refractivity contribution in [1.82, 2.24) is 19.9 Å². The number of hydrogen-bond donors (Lipinski definition) is 0. The standard InChI is InChI=1S/C14H24N4O2/c1-17-6-3-12(4-7-17)18(2)9-13-15-14(16-20-13)11-5-8-19-10-11/h11-12H,3-10H2,1-2H3. The van der Waals surface area contributed by atoms with Gasteiger partial charge in [-0.25, -0.2) is 0 Å². The van der Waals surface area contributed by atoms with E-state index < -0.39 is 0 Å². The van der Waals surface area contributed by atoms with Gasteiger partial charge in [-0.2, -0.15) is 4.98 Å². The van der Waals surface area contributed by atoms with Gasteiger partial charge in [0, 0.05) is 18.6 Å². The van der Waals surface area contributed by atoms with Crippen LogP contribution in [0, 0.1) is 0 Å². The summed E-state index contributed by atoms with van der Waals surface area (Å²) in [7, 11) is 4.34. The number of hydrogen-bond acceptors (Lipinski definition) is 6. The maximum Gasteiger partial charge on any atom is 0.240 e. The second-order valence-corrected chi connectivity index (χ2v) is 6.06. The Kier molecular flexibility index (Phi) is 4.33. The van der Waals surface area contributed by atoms with Crippen molar-refractivity contribution < 1.29 is 9.26 Å². The Hall–Kier alpha value is -0.980. The van der Waals surface area contributed by atoms with Crippen LogP contribution in [0.25, 0.3) is 0 Å². The summed E-state index contributed by atoms with van der Waals surface area (Å²) in [4.78, 5) is 9.26. The van der Waals surface area contributed by atoms with Crippen molar-refractivity contribution >= 4 is 0 Å². The SMILES string of the molecule is CN1CCC(N(C)Cc2nc(C3CCOC3)no2)CC1. The molecule has 1 aromatic rings. The van der Waals surface area contributed by atoms with Crippen molar-refractivity contribution in [2.75, 3.05) is 40.4 Å². The van der Waals surface area contributed by atoms with E-state index >= 15 is 0 Å². The Bertz CT molecular complexity index is 423. The maximum absolute atomic E-state index is 5.39. The lowest BCUT2D eigenvalue weighted by molar-refractivity contribution is 0.128. The zero-order chi connectivity index (χ0) is 13.9. The first-order chi connectivity index (χ1) is 9.72. The third kappa shape index (κ3) is 3.19. The lowest BCUT2D eigenvalue weighted by atomic mass is 10.0. The minimum Gasteiger partial charge on any atom is -0.381 e. The molecular formula is C14H24N4O2. The zero-order valence-electron chi connectivity index (χ0n) is 12.4. The summed E-state index contributed by atoms with van der Waals surface area (Å²) < 4.78 is 10.8. The third-order valence-electron chi connectivity index (χ3n) is 4.47. The Morgan fingerprint density at radius 2 is 2.10 bits per heavy atom. The first-order valence-corrected chi connectivity index (χ1v) is 7.51. The highest BCUT2D eigenvalue weighted by Crippen LogP contribution is 2.23. The average Bonchev–Trinajstić information content (AvgIpc) is 3.09. The van der Waals surface area contributed by atoms with Gasteiger partial charge in [-0.05, 0) is 46.4 Å². The van der Waals surface area contributed by atoms with Crippen LogP contribution >= 0.6 is 0 Å². The van der Waals surface area contributed by atoms with Crippen LogP contribution in [0.15, 0.2) is 4.52 Å². The summed E-state index contributed by atoms with van der Waals surface area (Å²) in [5.41, 5.74) is 0. The molecule has 20 heavy (non-hydrogen) atoms. The summed E-state index contributed by atoms with van der Waals surface area (Å²) in [5, 5.41) is 4.11. The van der Waals surface area contributed by atoms with Crippen molar-refractivity contribution in [3.05, 3.63) is 11.7 Å². The van der Waals surface area contributed by atoms with Gasteiger partial charge >= 0.3 is 0 Å². The van der Waals surface area contributed by atoms with E-state index in [0.717, 1.165) is 37.9 Å². The van der Waals surface area contributed by atoms with Crippen LogP contribution in [-0.4, -0.2) is 66.4 Å². The van der Waals surface area contributed by atoms with Crippen molar-refractivity contribution in [3.8, 4) is 0 Å². The fourth-order valence-electron chi connectivity index (χ4n) is 3.01. The van der Waals surface area contributed by atoms with E-state index in [1.807, 2.05) is 0 Å². The lowest BCUT2D eigenvalue weighted by Gasteiger charge is -2.34. The fourth-order valence-corrected chi connectivity index (χ4v) is 3.01. The monoisotopic (exact) mass is 280 g/mol. The summed E-state index contributed by atoms with van der Waals surface area (Å²) in [6, 6.07) is 0.622. The zero-order valence-corrected chi connectivity index (χ0v) is 12.4. The number of rotatable bonds is 4. The van der Waals surface area contributed by atoms with Gasteiger partial charge in [-0.15, -0.1) is 0 Å². The quantitative estimate of drug-likeness (QED) is 0.823. The number of piperidine rings is 1. The second kappa shape index (κ2) is 6.20. The third-order valence-corrected chi connectivity index (χ3v) is 4.47.